The van der Waals surface area contributed by atoms with Crippen molar-refractivity contribution in [1.82, 2.24) is 14.8 Å². The zero-order chi connectivity index (χ0) is 26.1. The molecular formula is C13H20N3O15P3. The number of hydrogen-bond acceptors (Lipinski definition) is 12. The van der Waals surface area contributed by atoms with Crippen LogP contribution in [0.3, 0.4) is 0 Å². The number of aliphatic hydroxyl groups excluding tert-OH is 1. The highest BCUT2D eigenvalue weighted by Crippen LogP contribution is 2.66. The van der Waals surface area contributed by atoms with Crippen molar-refractivity contribution in [3.63, 3.8) is 0 Å². The Morgan fingerprint density at radius 3 is 2.35 bits per heavy atom. The van der Waals surface area contributed by atoms with E-state index in [9.17, 15) is 43.3 Å². The highest BCUT2D eigenvalue weighted by atomic mass is 31.3. The fraction of sp³-hybridized carbons (Fsp3) is 0.615. The van der Waals surface area contributed by atoms with E-state index in [4.69, 9.17) is 14.5 Å². The third-order valence-corrected chi connectivity index (χ3v) is 8.21. The molecule has 0 radical (unpaired) electrons. The monoisotopic (exact) mass is 551 g/mol. The second kappa shape index (κ2) is 10.2. The van der Waals surface area contributed by atoms with Crippen molar-refractivity contribution in [3.05, 3.63) is 27.0 Å². The molecule has 7 atom stereocenters. The van der Waals surface area contributed by atoms with Crippen LogP contribution in [0.1, 0.15) is 20.1 Å². The van der Waals surface area contributed by atoms with Crippen LogP contribution in [0, 0.1) is 17.8 Å². The largest absolute Gasteiger partial charge is 0.490 e. The van der Waals surface area contributed by atoms with Crippen molar-refractivity contribution in [2.45, 2.75) is 37.9 Å². The third kappa shape index (κ3) is 6.78. The Kier molecular flexibility index (Phi) is 8.62. The van der Waals surface area contributed by atoms with Gasteiger partial charge in [0, 0.05) is 0 Å². The van der Waals surface area contributed by atoms with Crippen LogP contribution in [-0.2, 0) is 31.6 Å². The third-order valence-electron chi connectivity index (χ3n) is 4.28. The Hall–Kier alpha value is -1.54. The first kappa shape index (κ1) is 28.7. The summed E-state index contributed by atoms with van der Waals surface area (Å²) >= 11 is 0. The fourth-order valence-electron chi connectivity index (χ4n) is 3.16. The van der Waals surface area contributed by atoms with E-state index in [0.29, 0.717) is 10.9 Å². The van der Waals surface area contributed by atoms with Gasteiger partial charge in [-0.05, 0) is 13.8 Å². The molecule has 1 aromatic heterocycles. The predicted octanol–water partition coefficient (Wildman–Crippen LogP) is -2.08. The van der Waals surface area contributed by atoms with Gasteiger partial charge in [0.25, 0.3) is 5.56 Å². The molecule has 1 saturated heterocycles. The second-order valence-electron chi connectivity index (χ2n) is 6.73. The molecule has 2 rings (SSSR count). The van der Waals surface area contributed by atoms with Gasteiger partial charge >= 0.3 is 29.2 Å². The average Bonchev–Trinajstić information content (AvgIpc) is 2.90. The van der Waals surface area contributed by atoms with Gasteiger partial charge in [-0.1, -0.05) is 5.92 Å². The molecule has 2 heterocycles. The van der Waals surface area contributed by atoms with E-state index >= 15 is 0 Å². The molecule has 7 N–H and O–H groups in total. The number of phosphoric ester groups is 1. The molecule has 192 valence electrons. The second-order valence-corrected chi connectivity index (χ2v) is 11.1. The summed E-state index contributed by atoms with van der Waals surface area (Å²) in [5.74, 6) is 3.26. The Balaban J connectivity index is 2.38. The van der Waals surface area contributed by atoms with Crippen molar-refractivity contribution in [1.29, 1.82) is 0 Å². The zero-order valence-electron chi connectivity index (χ0n) is 17.2. The number of ether oxygens (including phenoxy) is 1. The summed E-state index contributed by atoms with van der Waals surface area (Å²) in [6, 6.07) is 0. The van der Waals surface area contributed by atoms with Gasteiger partial charge < -0.3 is 34.5 Å². The van der Waals surface area contributed by atoms with E-state index in [1.807, 2.05) is 4.98 Å². The van der Waals surface area contributed by atoms with Crippen LogP contribution in [0.4, 0.5) is 0 Å². The minimum Gasteiger partial charge on any atom is -0.396 e. The molecule has 0 amide bonds. The van der Waals surface area contributed by atoms with Crippen molar-refractivity contribution in [2.75, 3.05) is 6.61 Å². The van der Waals surface area contributed by atoms with Gasteiger partial charge in [0.15, 0.2) is 11.8 Å². The van der Waals surface area contributed by atoms with E-state index in [2.05, 4.69) is 30.1 Å². The maximum Gasteiger partial charge on any atom is 0.490 e. The summed E-state index contributed by atoms with van der Waals surface area (Å²) in [7, 11) is -17.0. The van der Waals surface area contributed by atoms with E-state index in [1.165, 1.54) is 6.92 Å². The Morgan fingerprint density at radius 2 is 1.85 bits per heavy atom. The van der Waals surface area contributed by atoms with Gasteiger partial charge in [0.05, 0.1) is 24.7 Å². The van der Waals surface area contributed by atoms with Crippen LogP contribution in [-0.4, -0.2) is 69.0 Å². The Bertz CT molecular complexity index is 1230. The average molecular weight is 551 g/mol. The minimum atomic E-state index is -5.81. The first-order valence-corrected chi connectivity index (χ1v) is 13.4. The molecule has 4 unspecified atom stereocenters. The summed E-state index contributed by atoms with van der Waals surface area (Å²) < 4.78 is 52.3. The molecule has 1 fully saturated rings. The van der Waals surface area contributed by atoms with Crippen molar-refractivity contribution >= 4 is 23.5 Å². The maximum absolute atomic E-state index is 12.2. The number of nitrogens with zero attached hydrogens (tertiary/aromatic N) is 2. The van der Waals surface area contributed by atoms with Crippen LogP contribution in [0.25, 0.3) is 0 Å². The topological polar surface area (TPSA) is 277 Å². The molecule has 1 aliphatic heterocycles. The molecule has 21 heteroatoms. The van der Waals surface area contributed by atoms with Crippen LogP contribution in [0.15, 0.2) is 15.8 Å². The molecular weight excluding hydrogens is 531 g/mol. The van der Waals surface area contributed by atoms with Gasteiger partial charge in [-0.15, -0.1) is 5.92 Å². The van der Waals surface area contributed by atoms with Gasteiger partial charge in [-0.2, -0.15) is 18.4 Å². The molecule has 18 nitrogen and oxygen atoms in total. The number of nitrogens with one attached hydrogen (secondary N) is 1. The summed E-state index contributed by atoms with van der Waals surface area (Å²) in [6.07, 6.45) is -4.33. The molecule has 0 aromatic carbocycles. The van der Waals surface area contributed by atoms with E-state index in [0.717, 1.165) is 6.92 Å². The number of aliphatic hydroxyl groups is 2. The van der Waals surface area contributed by atoms with Crippen molar-refractivity contribution < 1.29 is 61.4 Å². The number of aromatic amines is 1. The molecule has 1 aromatic rings. The number of H-pyrrole nitrogens is 1. The fourth-order valence-corrected chi connectivity index (χ4v) is 6.36. The highest BCUT2D eigenvalue weighted by molar-refractivity contribution is 7.66. The summed E-state index contributed by atoms with van der Waals surface area (Å²) in [6.45, 7) is 1.45. The normalized spacial score (nSPS) is 29.5. The summed E-state index contributed by atoms with van der Waals surface area (Å²) in [5, 5.41) is 24.5. The first-order valence-electron chi connectivity index (χ1n) is 8.87. The predicted molar refractivity (Wildman–Crippen MR) is 106 cm³/mol. The lowest BCUT2D eigenvalue weighted by Gasteiger charge is -2.29. The quantitative estimate of drug-likeness (QED) is 0.128. The molecule has 0 aliphatic carbocycles. The summed E-state index contributed by atoms with van der Waals surface area (Å²) in [5.41, 5.74) is -4.37. The van der Waals surface area contributed by atoms with Crippen LogP contribution in [0.2, 0.25) is 0 Å². The van der Waals surface area contributed by atoms with Gasteiger partial charge in [-0.25, -0.2) is 18.5 Å². The highest BCUT2D eigenvalue weighted by Gasteiger charge is 2.59. The molecule has 0 spiro atoms. The number of rotatable bonds is 9. The molecule has 34 heavy (non-hydrogen) atoms. The van der Waals surface area contributed by atoms with Gasteiger partial charge in [0.2, 0.25) is 0 Å². The number of hydrogen-bond donors (Lipinski definition) is 7. The maximum atomic E-state index is 12.2. The minimum absolute atomic E-state index is 0.492. The number of phosphoric acid groups is 3. The van der Waals surface area contributed by atoms with Crippen molar-refractivity contribution in [3.8, 4) is 11.8 Å². The summed E-state index contributed by atoms with van der Waals surface area (Å²) in [4.78, 5) is 61.5. The smallest absolute Gasteiger partial charge is 0.396 e. The van der Waals surface area contributed by atoms with Crippen molar-refractivity contribution in [2.24, 2.45) is 5.92 Å². The number of aromatic nitrogens is 3. The van der Waals surface area contributed by atoms with Gasteiger partial charge in [0.1, 0.15) is 6.20 Å². The zero-order valence-corrected chi connectivity index (χ0v) is 19.9. The lowest BCUT2D eigenvalue weighted by atomic mass is 9.84. The molecule has 1 aliphatic rings. The lowest BCUT2D eigenvalue weighted by molar-refractivity contribution is -0.0933. The van der Waals surface area contributed by atoms with E-state index < -0.39 is 71.3 Å². The first-order chi connectivity index (χ1) is 15.4. The standard InChI is InChI=1S/C13H20N3O15P3/c1-3-4-13(20)8(6-17)10(28-11(13)16-12(19)15-9(18)5-14-16)7(2)29-33(24,25)31-34(26,27)30-32(21,22)23/h5,7-8,10-11,17,20H,6H2,1-2H3,(H,24,25)(H,26,27)(H,15,18,19)(H2,21,22,23)/t7-,8?,10+,11+,13?/m0/s1. The van der Waals surface area contributed by atoms with E-state index in [1.54, 1.807) is 0 Å². The Labute approximate surface area is 189 Å². The lowest BCUT2D eigenvalue weighted by Crippen LogP contribution is -2.48. The van der Waals surface area contributed by atoms with E-state index in [-0.39, 0.29) is 0 Å². The molecule has 0 bridgehead atoms. The van der Waals surface area contributed by atoms with Crippen LogP contribution in [0.5, 0.6) is 0 Å². The van der Waals surface area contributed by atoms with Crippen LogP contribution >= 0.6 is 23.5 Å². The Morgan fingerprint density at radius 1 is 1.24 bits per heavy atom. The SMILES string of the molecule is CC#CC1(O)C(CO)[C@@H]([C@H](C)OP(=O)(O)OP(=O)(O)OP(=O)(O)O)O[C@H]1n1ncc(=O)[nH]c1=O. The van der Waals surface area contributed by atoms with Gasteiger partial charge in [-0.3, -0.25) is 14.3 Å². The van der Waals surface area contributed by atoms with Crippen LogP contribution < -0.4 is 11.2 Å². The molecule has 0 saturated carbocycles.